The molecule has 0 amide bonds. The molecule has 0 aliphatic heterocycles. The summed E-state index contributed by atoms with van der Waals surface area (Å²) in [5, 5.41) is 10.3. The van der Waals surface area contributed by atoms with E-state index in [0.717, 1.165) is 5.69 Å². The van der Waals surface area contributed by atoms with Gasteiger partial charge in [0.25, 0.3) is 0 Å². The fraction of sp³-hybridized carbons (Fsp3) is 0.165. The Balaban J connectivity index is 0.975. The molecule has 3 heteroatoms. The summed E-state index contributed by atoms with van der Waals surface area (Å²) in [5.41, 5.74) is 22.9. The minimum absolute atomic E-state index is 0.0424. The maximum absolute atomic E-state index is 2.68. The van der Waals surface area contributed by atoms with E-state index in [-0.39, 0.29) is 5.92 Å². The number of fused-ring (bicyclic) bond motifs is 12. The van der Waals surface area contributed by atoms with Crippen molar-refractivity contribution in [1.82, 2.24) is 8.80 Å². The lowest BCUT2D eigenvalue weighted by Crippen LogP contribution is -2.11. The molecule has 4 aromatic heterocycles. The van der Waals surface area contributed by atoms with E-state index in [4.69, 9.17) is 0 Å². The van der Waals surface area contributed by atoms with Crippen molar-refractivity contribution in [2.45, 2.75) is 82.0 Å². The first-order valence-electron chi connectivity index (χ1n) is 30.4. The first-order valence-corrected chi connectivity index (χ1v) is 30.4. The Morgan fingerprint density at radius 3 is 1.27 bits per heavy atom. The standard InChI is InChI=1S/C79H63N3/c1-7-23-51(24-8-1)53-43-45-58(46-44-53)69(55-27-11-3-12-28-55)61-35-21-40-66-72(61)62-36-19-38-64-74-71(57-31-15-5-16-32-57)79-75(70(56-29-13-4-14-30-56)78(74)81(66)76(62)64)65-39-20-37-63-73-67(41-22-42-68(73)82(79)77(63)65)80(59-33-17-6-18-34-59)60-49-47-54(48-50-60)52-25-9-2-10-26-52/h3-6,11-22,27-52,69H,1-2,7-10,23-26H2. The molecule has 0 bridgehead atoms. The number of anilines is 3. The number of benzene rings is 11. The maximum atomic E-state index is 2.68. The number of para-hydroxylation sites is 3. The van der Waals surface area contributed by atoms with Crippen LogP contribution >= 0.6 is 0 Å². The van der Waals surface area contributed by atoms with E-state index in [1.807, 2.05) is 0 Å². The van der Waals surface area contributed by atoms with Crippen LogP contribution in [0.3, 0.4) is 0 Å². The Morgan fingerprint density at radius 2 is 0.732 bits per heavy atom. The second-order valence-electron chi connectivity index (χ2n) is 23.9. The van der Waals surface area contributed by atoms with Gasteiger partial charge in [0.15, 0.2) is 0 Å². The van der Waals surface area contributed by atoms with Gasteiger partial charge in [-0.3, -0.25) is 0 Å². The van der Waals surface area contributed by atoms with Gasteiger partial charge in [-0.15, -0.1) is 0 Å². The van der Waals surface area contributed by atoms with Crippen molar-refractivity contribution in [3.8, 4) is 22.3 Å². The third kappa shape index (κ3) is 7.21. The third-order valence-electron chi connectivity index (χ3n) is 19.5. The first-order chi connectivity index (χ1) is 40.8. The Labute approximate surface area is 479 Å². The average molecular weight is 1050 g/mol. The molecule has 0 radical (unpaired) electrons. The second-order valence-corrected chi connectivity index (χ2v) is 23.9. The van der Waals surface area contributed by atoms with Gasteiger partial charge in [0.2, 0.25) is 0 Å². The molecule has 3 nitrogen and oxygen atoms in total. The SMILES string of the molecule is c1ccc(-c2c3c4cccc5c6c(C(c7ccccc7)c7ccc(C8CCCCC8)cc7)cccc6n(c3c(-c3ccccc3)c3c6cccc7c8c(N(c9ccccc9)c9ccc(C%10CCCCC%10)cc9)cccc8n(c23)c76)c54)cc1. The van der Waals surface area contributed by atoms with Crippen LogP contribution in [-0.4, -0.2) is 8.80 Å². The van der Waals surface area contributed by atoms with Crippen LogP contribution in [-0.2, 0) is 0 Å². The van der Waals surface area contributed by atoms with Crippen LogP contribution in [0, 0.1) is 0 Å². The van der Waals surface area contributed by atoms with Crippen LogP contribution in [0.5, 0.6) is 0 Å². The summed E-state index contributed by atoms with van der Waals surface area (Å²) in [6.45, 7) is 0. The summed E-state index contributed by atoms with van der Waals surface area (Å²) < 4.78 is 5.35. The molecule has 17 rings (SSSR count). The molecule has 11 aromatic carbocycles. The zero-order chi connectivity index (χ0) is 53.8. The van der Waals surface area contributed by atoms with Crippen molar-refractivity contribution in [1.29, 1.82) is 0 Å². The van der Waals surface area contributed by atoms with E-state index in [9.17, 15) is 0 Å². The van der Waals surface area contributed by atoms with Crippen LogP contribution in [0.4, 0.5) is 17.1 Å². The van der Waals surface area contributed by atoms with E-state index in [1.165, 1.54) is 202 Å². The zero-order valence-corrected chi connectivity index (χ0v) is 46.2. The highest BCUT2D eigenvalue weighted by atomic mass is 15.1. The zero-order valence-electron chi connectivity index (χ0n) is 46.2. The minimum atomic E-state index is 0.0424. The van der Waals surface area contributed by atoms with Crippen molar-refractivity contribution < 1.29 is 0 Å². The lowest BCUT2D eigenvalue weighted by atomic mass is 9.80. The predicted octanol–water partition coefficient (Wildman–Crippen LogP) is 22.1. The molecule has 2 aliphatic carbocycles. The molecule has 2 fully saturated rings. The molecule has 15 aromatic rings. The highest BCUT2D eigenvalue weighted by Crippen LogP contribution is 2.56. The van der Waals surface area contributed by atoms with Crippen molar-refractivity contribution in [3.05, 3.63) is 270 Å². The molecule has 394 valence electrons. The Bertz CT molecular complexity index is 4520. The fourth-order valence-corrected chi connectivity index (χ4v) is 15.9. The number of hydrogen-bond acceptors (Lipinski definition) is 1. The highest BCUT2D eigenvalue weighted by molar-refractivity contribution is 6.38. The van der Waals surface area contributed by atoms with Gasteiger partial charge in [-0.2, -0.15) is 0 Å². The predicted molar refractivity (Wildman–Crippen MR) is 347 cm³/mol. The molecule has 82 heavy (non-hydrogen) atoms. The molecular weight excluding hydrogens is 991 g/mol. The lowest BCUT2D eigenvalue weighted by molar-refractivity contribution is 0.443. The van der Waals surface area contributed by atoms with Crippen molar-refractivity contribution in [2.24, 2.45) is 0 Å². The number of aromatic nitrogens is 2. The van der Waals surface area contributed by atoms with Gasteiger partial charge >= 0.3 is 0 Å². The molecule has 2 aliphatic rings. The van der Waals surface area contributed by atoms with Gasteiger partial charge < -0.3 is 13.7 Å². The van der Waals surface area contributed by atoms with E-state index < -0.39 is 0 Å². The number of hydrogen-bond donors (Lipinski definition) is 0. The van der Waals surface area contributed by atoms with Crippen molar-refractivity contribution in [2.75, 3.05) is 4.90 Å². The summed E-state index contributed by atoms with van der Waals surface area (Å²) in [6, 6.07) is 92.7. The van der Waals surface area contributed by atoms with E-state index in [0.29, 0.717) is 11.8 Å². The van der Waals surface area contributed by atoms with Gasteiger partial charge in [-0.1, -0.05) is 239 Å². The molecule has 0 saturated heterocycles. The first kappa shape index (κ1) is 47.6. The van der Waals surface area contributed by atoms with Crippen LogP contribution in [0.25, 0.3) is 98.4 Å². The normalized spacial score (nSPS) is 15.2. The van der Waals surface area contributed by atoms with Crippen LogP contribution in [0.15, 0.2) is 243 Å². The monoisotopic (exact) mass is 1050 g/mol. The van der Waals surface area contributed by atoms with Gasteiger partial charge in [0, 0.05) is 71.5 Å². The molecule has 0 N–H and O–H groups in total. The maximum Gasteiger partial charge on any atom is 0.0634 e. The average Bonchev–Trinajstić information content (AvgIpc) is 1.87. The number of rotatable bonds is 10. The Kier molecular flexibility index (Phi) is 11.2. The summed E-state index contributed by atoms with van der Waals surface area (Å²) >= 11 is 0. The van der Waals surface area contributed by atoms with Gasteiger partial charge in [0.05, 0.1) is 38.8 Å². The Morgan fingerprint density at radius 1 is 0.317 bits per heavy atom. The van der Waals surface area contributed by atoms with E-state index >= 15 is 0 Å². The largest absolute Gasteiger partial charge is 0.310 e. The van der Waals surface area contributed by atoms with E-state index in [2.05, 4.69) is 256 Å². The quantitative estimate of drug-likeness (QED) is 0.124. The molecule has 4 heterocycles. The van der Waals surface area contributed by atoms with E-state index in [1.54, 1.807) is 0 Å². The van der Waals surface area contributed by atoms with Crippen LogP contribution in [0.2, 0.25) is 0 Å². The summed E-state index contributed by atoms with van der Waals surface area (Å²) in [6.07, 6.45) is 13.2. The molecule has 2 saturated carbocycles. The van der Waals surface area contributed by atoms with Crippen LogP contribution in [0.1, 0.15) is 110 Å². The third-order valence-corrected chi connectivity index (χ3v) is 19.5. The van der Waals surface area contributed by atoms with Crippen LogP contribution < -0.4 is 4.90 Å². The van der Waals surface area contributed by atoms with Crippen molar-refractivity contribution >= 4 is 93.3 Å². The Hall–Kier alpha value is -9.18. The van der Waals surface area contributed by atoms with Crippen molar-refractivity contribution in [3.63, 3.8) is 0 Å². The van der Waals surface area contributed by atoms with Gasteiger partial charge in [-0.05, 0) is 119 Å². The smallest absolute Gasteiger partial charge is 0.0634 e. The van der Waals surface area contributed by atoms with Gasteiger partial charge in [-0.25, -0.2) is 0 Å². The second kappa shape index (κ2) is 19.2. The molecular formula is C79H63N3. The van der Waals surface area contributed by atoms with Gasteiger partial charge in [0.1, 0.15) is 0 Å². The molecule has 1 atom stereocenters. The summed E-state index contributed by atoms with van der Waals surface area (Å²) in [7, 11) is 0. The lowest BCUT2D eigenvalue weighted by Gasteiger charge is -2.28. The molecule has 1 unspecified atom stereocenters. The molecule has 0 spiro atoms. The fourth-order valence-electron chi connectivity index (χ4n) is 15.9. The number of nitrogens with zero attached hydrogens (tertiary/aromatic N) is 3. The topological polar surface area (TPSA) is 12.1 Å². The minimum Gasteiger partial charge on any atom is -0.310 e. The summed E-state index contributed by atoms with van der Waals surface area (Å²) in [4.78, 5) is 2.50. The summed E-state index contributed by atoms with van der Waals surface area (Å²) in [5.74, 6) is 1.35. The highest BCUT2D eigenvalue weighted by Gasteiger charge is 2.33.